The van der Waals surface area contributed by atoms with Crippen molar-refractivity contribution in [2.45, 2.75) is 77.4 Å². The number of aromatic nitrogens is 2. The van der Waals surface area contributed by atoms with E-state index < -0.39 is 18.3 Å². The fourth-order valence-corrected chi connectivity index (χ4v) is 4.51. The van der Waals surface area contributed by atoms with Crippen LogP contribution in [0.15, 0.2) is 48.9 Å². The molecule has 0 spiro atoms. The lowest BCUT2D eigenvalue weighted by Gasteiger charge is -2.31. The molecule has 3 aromatic rings. The number of aliphatic hydroxyl groups excluding tert-OH is 1. The van der Waals surface area contributed by atoms with Crippen molar-refractivity contribution in [3.8, 4) is 0 Å². The Hall–Kier alpha value is -2.81. The van der Waals surface area contributed by atoms with Crippen molar-refractivity contribution in [1.82, 2.24) is 14.7 Å². The number of nitrogens with two attached hydrogens (primary N) is 1. The van der Waals surface area contributed by atoms with E-state index in [1.165, 1.54) is 0 Å². The molecule has 7 nitrogen and oxygen atoms in total. The smallest absolute Gasteiger partial charge is 0.226 e. The minimum absolute atomic E-state index is 0.108. The summed E-state index contributed by atoms with van der Waals surface area (Å²) in [4.78, 5) is 17.9. The second-order valence-electron chi connectivity index (χ2n) is 9.14. The molecule has 1 amide bonds. The van der Waals surface area contributed by atoms with Crippen molar-refractivity contribution >= 4 is 17.2 Å². The van der Waals surface area contributed by atoms with E-state index in [1.54, 1.807) is 18.1 Å². The number of aryl methyl sites for hydroxylation is 1. The van der Waals surface area contributed by atoms with Gasteiger partial charge in [-0.2, -0.15) is 0 Å². The minimum Gasteiger partial charge on any atom is -0.391 e. The number of pyridine rings is 1. The SMILES string of the molecule is CCCC(=O)N(C)c1ccc(CNC2C(O)CCCC2F)cc1C.NCc1cccn2ccnc12. The predicted octanol–water partition coefficient (Wildman–Crippen LogP) is 3.89. The van der Waals surface area contributed by atoms with Gasteiger partial charge >= 0.3 is 0 Å². The summed E-state index contributed by atoms with van der Waals surface area (Å²) >= 11 is 0. The highest BCUT2D eigenvalue weighted by molar-refractivity contribution is 5.93. The van der Waals surface area contributed by atoms with Crippen LogP contribution in [0.25, 0.3) is 5.65 Å². The molecule has 1 aromatic carbocycles. The van der Waals surface area contributed by atoms with Gasteiger partial charge in [0, 0.05) is 56.4 Å². The molecule has 0 saturated heterocycles. The lowest BCUT2D eigenvalue weighted by Crippen LogP contribution is -2.48. The van der Waals surface area contributed by atoms with Crippen molar-refractivity contribution in [3.05, 3.63) is 65.6 Å². The molecular formula is C27H38FN5O2. The first-order valence-electron chi connectivity index (χ1n) is 12.4. The number of nitrogens with zero attached hydrogens (tertiary/aromatic N) is 3. The minimum atomic E-state index is -0.994. The van der Waals surface area contributed by atoms with Gasteiger partial charge in [0.1, 0.15) is 11.8 Å². The number of imidazole rings is 1. The number of carbonyl (C=O) groups is 1. The number of carbonyl (C=O) groups excluding carboxylic acids is 1. The number of hydrogen-bond acceptors (Lipinski definition) is 5. The number of aliphatic hydroxyl groups is 1. The molecule has 0 bridgehead atoms. The van der Waals surface area contributed by atoms with Crippen LogP contribution in [0.4, 0.5) is 10.1 Å². The van der Waals surface area contributed by atoms with Crippen LogP contribution in [-0.2, 0) is 17.9 Å². The number of hydrogen-bond donors (Lipinski definition) is 3. The van der Waals surface area contributed by atoms with Crippen molar-refractivity contribution in [3.63, 3.8) is 0 Å². The average molecular weight is 484 g/mol. The van der Waals surface area contributed by atoms with Gasteiger partial charge in [-0.25, -0.2) is 9.37 Å². The number of rotatable bonds is 7. The molecule has 1 aliphatic rings. The first-order valence-corrected chi connectivity index (χ1v) is 12.4. The molecule has 0 radical (unpaired) electrons. The van der Waals surface area contributed by atoms with Gasteiger partial charge in [-0.15, -0.1) is 0 Å². The monoisotopic (exact) mass is 483 g/mol. The summed E-state index contributed by atoms with van der Waals surface area (Å²) in [7, 11) is 1.80. The Morgan fingerprint density at radius 2 is 2.11 bits per heavy atom. The quantitative estimate of drug-likeness (QED) is 0.474. The summed E-state index contributed by atoms with van der Waals surface area (Å²) in [6.07, 6.45) is 7.31. The van der Waals surface area contributed by atoms with E-state index in [1.807, 2.05) is 61.0 Å². The zero-order valence-electron chi connectivity index (χ0n) is 21.0. The van der Waals surface area contributed by atoms with Crippen molar-refractivity contribution in [2.75, 3.05) is 11.9 Å². The largest absolute Gasteiger partial charge is 0.391 e. The molecule has 1 fully saturated rings. The summed E-state index contributed by atoms with van der Waals surface area (Å²) in [6, 6.07) is 9.37. The van der Waals surface area contributed by atoms with Gasteiger partial charge in [0.05, 0.1) is 12.1 Å². The summed E-state index contributed by atoms with van der Waals surface area (Å²) in [5.41, 5.74) is 10.5. The predicted molar refractivity (Wildman–Crippen MR) is 138 cm³/mol. The first-order chi connectivity index (χ1) is 16.8. The Bertz CT molecular complexity index is 1090. The van der Waals surface area contributed by atoms with Crippen molar-refractivity contribution in [1.29, 1.82) is 0 Å². The van der Waals surface area contributed by atoms with Gasteiger partial charge in [-0.3, -0.25) is 4.79 Å². The number of fused-ring (bicyclic) bond motifs is 1. The molecule has 190 valence electrons. The molecule has 2 heterocycles. The van der Waals surface area contributed by atoms with E-state index in [-0.39, 0.29) is 5.91 Å². The molecule has 1 saturated carbocycles. The third-order valence-corrected chi connectivity index (χ3v) is 6.51. The van der Waals surface area contributed by atoms with Gasteiger partial charge in [0.15, 0.2) is 0 Å². The van der Waals surface area contributed by atoms with Gasteiger partial charge in [0.2, 0.25) is 5.91 Å². The standard InChI is InChI=1S/C19H29FN2O2.C8H9N3/c1-4-6-18(24)22(3)16-10-9-14(11-13(16)2)12-21-19-15(20)7-5-8-17(19)23;9-6-7-2-1-4-11-5-3-10-8(7)11/h9-11,15,17,19,21,23H,4-8,12H2,1-3H3;1-5H,6,9H2. The second kappa shape index (κ2) is 12.8. The lowest BCUT2D eigenvalue weighted by molar-refractivity contribution is -0.118. The first kappa shape index (κ1) is 26.8. The van der Waals surface area contributed by atoms with E-state index >= 15 is 0 Å². The van der Waals surface area contributed by atoms with E-state index in [0.717, 1.165) is 40.9 Å². The number of amides is 1. The Labute approximate surface area is 207 Å². The third kappa shape index (κ3) is 6.87. The molecule has 35 heavy (non-hydrogen) atoms. The summed E-state index contributed by atoms with van der Waals surface area (Å²) in [5, 5.41) is 13.1. The third-order valence-electron chi connectivity index (χ3n) is 6.51. The summed E-state index contributed by atoms with van der Waals surface area (Å²) in [5.74, 6) is 0.108. The zero-order chi connectivity index (χ0) is 25.4. The fraction of sp³-hybridized carbons (Fsp3) is 0.481. The Morgan fingerprint density at radius 3 is 2.80 bits per heavy atom. The van der Waals surface area contributed by atoms with Crippen molar-refractivity contribution in [2.24, 2.45) is 5.73 Å². The van der Waals surface area contributed by atoms with Crippen LogP contribution in [-0.4, -0.2) is 45.8 Å². The number of halogens is 1. The molecule has 3 unspecified atom stereocenters. The number of anilines is 1. The molecule has 1 aliphatic carbocycles. The van der Waals surface area contributed by atoms with Gasteiger partial charge in [-0.05, 0) is 55.9 Å². The topological polar surface area (TPSA) is 95.9 Å². The van der Waals surface area contributed by atoms with Gasteiger partial charge < -0.3 is 25.5 Å². The van der Waals surface area contributed by atoms with Crippen LogP contribution >= 0.6 is 0 Å². The van der Waals surface area contributed by atoms with Gasteiger partial charge in [-0.1, -0.05) is 25.1 Å². The fourth-order valence-electron chi connectivity index (χ4n) is 4.51. The highest BCUT2D eigenvalue weighted by Crippen LogP contribution is 2.24. The van der Waals surface area contributed by atoms with E-state index in [4.69, 9.17) is 5.73 Å². The number of alkyl halides is 1. The van der Waals surface area contributed by atoms with Crippen LogP contribution in [0.3, 0.4) is 0 Å². The Morgan fingerprint density at radius 1 is 1.31 bits per heavy atom. The number of nitrogens with one attached hydrogen (secondary N) is 1. The maximum Gasteiger partial charge on any atom is 0.226 e. The maximum atomic E-state index is 13.9. The van der Waals surface area contributed by atoms with Crippen molar-refractivity contribution < 1.29 is 14.3 Å². The molecule has 0 aliphatic heterocycles. The van der Waals surface area contributed by atoms with E-state index in [0.29, 0.717) is 32.4 Å². The van der Waals surface area contributed by atoms with Crippen LogP contribution in [0.1, 0.15) is 55.7 Å². The molecule has 4 rings (SSSR count). The second-order valence-corrected chi connectivity index (χ2v) is 9.14. The normalized spacial score (nSPS) is 19.8. The Kier molecular flexibility index (Phi) is 9.77. The number of benzene rings is 1. The van der Waals surface area contributed by atoms with E-state index in [9.17, 15) is 14.3 Å². The molecular weight excluding hydrogens is 445 g/mol. The summed E-state index contributed by atoms with van der Waals surface area (Å²) in [6.45, 7) is 5.02. The van der Waals surface area contributed by atoms with E-state index in [2.05, 4.69) is 10.3 Å². The summed E-state index contributed by atoms with van der Waals surface area (Å²) < 4.78 is 15.9. The zero-order valence-corrected chi connectivity index (χ0v) is 21.0. The lowest BCUT2D eigenvalue weighted by atomic mass is 9.90. The molecule has 4 N–H and O–H groups in total. The van der Waals surface area contributed by atoms with Crippen LogP contribution < -0.4 is 16.0 Å². The van der Waals surface area contributed by atoms with Crippen LogP contribution in [0.2, 0.25) is 0 Å². The molecule has 8 heteroatoms. The van der Waals surface area contributed by atoms with Gasteiger partial charge in [0.25, 0.3) is 0 Å². The molecule has 3 atom stereocenters. The average Bonchev–Trinajstić information content (AvgIpc) is 3.33. The molecule has 2 aromatic heterocycles. The maximum absolute atomic E-state index is 13.9. The highest BCUT2D eigenvalue weighted by atomic mass is 19.1. The van der Waals surface area contributed by atoms with Crippen LogP contribution in [0, 0.1) is 6.92 Å². The highest BCUT2D eigenvalue weighted by Gasteiger charge is 2.31. The Balaban J connectivity index is 0.000000256. The van der Waals surface area contributed by atoms with Crippen LogP contribution in [0.5, 0.6) is 0 Å².